The van der Waals surface area contributed by atoms with Crippen LogP contribution in [0.2, 0.25) is 10.2 Å². The van der Waals surface area contributed by atoms with Crippen molar-refractivity contribution in [1.82, 2.24) is 15.3 Å². The molecule has 0 radical (unpaired) electrons. The number of anilines is 1. The number of nitrogens with zero attached hydrogens (tertiary/aromatic N) is 2. The van der Waals surface area contributed by atoms with Gasteiger partial charge in [0.1, 0.15) is 0 Å². The molecule has 0 spiro atoms. The highest BCUT2D eigenvalue weighted by molar-refractivity contribution is 6.33. The topological polar surface area (TPSA) is 59.1 Å². The van der Waals surface area contributed by atoms with Gasteiger partial charge in [0, 0.05) is 55.0 Å². The number of nitrogens with one attached hydrogen (secondary N) is 2. The van der Waals surface area contributed by atoms with Crippen LogP contribution in [0, 0.1) is 11.8 Å². The molecule has 2 N–H and O–H groups in total. The van der Waals surface area contributed by atoms with Gasteiger partial charge in [-0.1, -0.05) is 23.2 Å². The smallest absolute Gasteiger partial charge is 0.152 e. The van der Waals surface area contributed by atoms with Crippen molar-refractivity contribution in [3.8, 4) is 11.1 Å². The lowest BCUT2D eigenvalue weighted by Crippen LogP contribution is -2.41. The fraction of sp³-hybridized carbons (Fsp3) is 0.600. The second kappa shape index (κ2) is 11.1. The number of rotatable bonds is 10. The lowest BCUT2D eigenvalue weighted by molar-refractivity contribution is 0.158. The Morgan fingerprint density at radius 2 is 1.78 bits per heavy atom. The van der Waals surface area contributed by atoms with Crippen LogP contribution >= 0.6 is 23.2 Å². The van der Waals surface area contributed by atoms with Gasteiger partial charge in [-0.25, -0.2) is 4.98 Å². The predicted molar refractivity (Wildman–Crippen MR) is 133 cm³/mol. The summed E-state index contributed by atoms with van der Waals surface area (Å²) in [5, 5.41) is 8.28. The minimum atomic E-state index is 0.402. The molecule has 7 heteroatoms. The SMILES string of the molecule is COC[C@@H](C)NC1CCC(Cc2cc(-c3cnc(Cl)c(NCC4CC4)c3)c(Cl)cn2)CC1. The maximum Gasteiger partial charge on any atom is 0.152 e. The van der Waals surface area contributed by atoms with E-state index in [4.69, 9.17) is 27.9 Å². The van der Waals surface area contributed by atoms with Crippen molar-refractivity contribution in [2.24, 2.45) is 11.8 Å². The Bertz CT molecular complexity index is 898. The maximum absolute atomic E-state index is 6.53. The summed E-state index contributed by atoms with van der Waals surface area (Å²) in [7, 11) is 1.76. The third-order valence-corrected chi connectivity index (χ3v) is 7.22. The minimum Gasteiger partial charge on any atom is -0.383 e. The number of ether oxygens (including phenoxy) is 1. The summed E-state index contributed by atoms with van der Waals surface area (Å²) < 4.78 is 5.25. The van der Waals surface area contributed by atoms with E-state index in [1.165, 1.54) is 38.5 Å². The van der Waals surface area contributed by atoms with E-state index in [1.54, 1.807) is 19.5 Å². The lowest BCUT2D eigenvalue weighted by atomic mass is 9.83. The first kappa shape index (κ1) is 23.7. The Morgan fingerprint density at radius 1 is 1.03 bits per heavy atom. The molecule has 174 valence electrons. The van der Waals surface area contributed by atoms with Crippen LogP contribution in [-0.4, -0.2) is 42.3 Å². The highest BCUT2D eigenvalue weighted by Crippen LogP contribution is 2.35. The normalized spacial score (nSPS) is 22.0. The molecule has 0 saturated heterocycles. The van der Waals surface area contributed by atoms with Gasteiger partial charge < -0.3 is 15.4 Å². The van der Waals surface area contributed by atoms with E-state index in [0.717, 1.165) is 48.0 Å². The average molecular weight is 477 g/mol. The van der Waals surface area contributed by atoms with E-state index in [2.05, 4.69) is 39.7 Å². The van der Waals surface area contributed by atoms with E-state index >= 15 is 0 Å². The van der Waals surface area contributed by atoms with Crippen molar-refractivity contribution >= 4 is 28.9 Å². The van der Waals surface area contributed by atoms with E-state index in [-0.39, 0.29) is 0 Å². The third-order valence-electron chi connectivity index (χ3n) is 6.62. The number of hydrogen-bond acceptors (Lipinski definition) is 5. The first-order valence-corrected chi connectivity index (χ1v) is 12.6. The van der Waals surface area contributed by atoms with Crippen molar-refractivity contribution < 1.29 is 4.74 Å². The zero-order valence-electron chi connectivity index (χ0n) is 19.0. The van der Waals surface area contributed by atoms with Gasteiger partial charge in [0.05, 0.1) is 17.3 Å². The summed E-state index contributed by atoms with van der Waals surface area (Å²) in [5.41, 5.74) is 3.91. The summed E-state index contributed by atoms with van der Waals surface area (Å²) >= 11 is 12.9. The third kappa shape index (κ3) is 6.57. The molecule has 2 aromatic rings. The number of hydrogen-bond donors (Lipinski definition) is 2. The van der Waals surface area contributed by atoms with Crippen LogP contribution in [0.15, 0.2) is 24.5 Å². The van der Waals surface area contributed by atoms with E-state index in [1.807, 2.05) is 0 Å². The largest absolute Gasteiger partial charge is 0.383 e. The Balaban J connectivity index is 1.38. The molecule has 0 bridgehead atoms. The first-order valence-electron chi connectivity index (χ1n) is 11.8. The number of methoxy groups -OCH3 is 1. The molecular formula is C25H34Cl2N4O. The highest BCUT2D eigenvalue weighted by Gasteiger charge is 2.23. The minimum absolute atomic E-state index is 0.402. The van der Waals surface area contributed by atoms with Gasteiger partial charge in [-0.15, -0.1) is 0 Å². The van der Waals surface area contributed by atoms with Gasteiger partial charge >= 0.3 is 0 Å². The second-order valence-corrected chi connectivity index (χ2v) is 10.3. The summed E-state index contributed by atoms with van der Waals surface area (Å²) in [5.74, 6) is 1.42. The van der Waals surface area contributed by atoms with Crippen LogP contribution < -0.4 is 10.6 Å². The Morgan fingerprint density at radius 3 is 2.50 bits per heavy atom. The molecule has 2 aliphatic rings. The first-order chi connectivity index (χ1) is 15.5. The van der Waals surface area contributed by atoms with E-state index < -0.39 is 0 Å². The van der Waals surface area contributed by atoms with Crippen molar-refractivity contribution in [2.45, 2.75) is 64.0 Å². The monoisotopic (exact) mass is 476 g/mol. The molecule has 4 rings (SSSR count). The van der Waals surface area contributed by atoms with Gasteiger partial charge in [-0.2, -0.15) is 0 Å². The molecule has 1 atom stereocenters. The van der Waals surface area contributed by atoms with Gasteiger partial charge in [0.15, 0.2) is 5.15 Å². The molecule has 2 aliphatic carbocycles. The lowest BCUT2D eigenvalue weighted by Gasteiger charge is -2.31. The van der Waals surface area contributed by atoms with Gasteiger partial charge in [-0.05, 0) is 75.8 Å². The fourth-order valence-corrected chi connectivity index (χ4v) is 5.02. The Labute approximate surface area is 201 Å². The molecule has 0 aromatic carbocycles. The summed E-state index contributed by atoms with van der Waals surface area (Å²) in [6.07, 6.45) is 12.0. The van der Waals surface area contributed by atoms with Crippen molar-refractivity contribution in [3.05, 3.63) is 40.4 Å². The van der Waals surface area contributed by atoms with Crippen LogP contribution in [0.3, 0.4) is 0 Å². The number of aromatic nitrogens is 2. The predicted octanol–water partition coefficient (Wildman–Crippen LogP) is 6.00. The molecular weight excluding hydrogens is 443 g/mol. The zero-order valence-corrected chi connectivity index (χ0v) is 20.6. The molecule has 0 aliphatic heterocycles. The van der Waals surface area contributed by atoms with Crippen molar-refractivity contribution in [2.75, 3.05) is 25.6 Å². The van der Waals surface area contributed by atoms with Crippen molar-refractivity contribution in [3.63, 3.8) is 0 Å². The molecule has 2 fully saturated rings. The maximum atomic E-state index is 6.53. The quantitative estimate of drug-likeness (QED) is 0.411. The van der Waals surface area contributed by atoms with Gasteiger partial charge in [-0.3, -0.25) is 4.98 Å². The highest BCUT2D eigenvalue weighted by atomic mass is 35.5. The molecule has 2 saturated carbocycles. The van der Waals surface area contributed by atoms with Crippen LogP contribution in [0.5, 0.6) is 0 Å². The van der Waals surface area contributed by atoms with Crippen LogP contribution in [0.25, 0.3) is 11.1 Å². The van der Waals surface area contributed by atoms with E-state index in [9.17, 15) is 0 Å². The van der Waals surface area contributed by atoms with Crippen LogP contribution in [0.4, 0.5) is 5.69 Å². The zero-order chi connectivity index (χ0) is 22.5. The Kier molecular flexibility index (Phi) is 8.27. The molecule has 2 aromatic heterocycles. The average Bonchev–Trinajstić information content (AvgIpc) is 3.61. The van der Waals surface area contributed by atoms with Crippen molar-refractivity contribution in [1.29, 1.82) is 0 Å². The summed E-state index contributed by atoms with van der Waals surface area (Å²) in [6, 6.07) is 5.18. The molecule has 0 amide bonds. The molecule has 0 unspecified atom stereocenters. The molecule has 32 heavy (non-hydrogen) atoms. The molecule has 2 heterocycles. The standard InChI is InChI=1S/C25H34Cl2N4O/c1-16(15-32-2)31-20-7-5-17(6-8-20)9-21-11-22(23(26)14-28-21)19-10-24(25(27)30-13-19)29-12-18-3-4-18/h10-11,13-14,16-18,20,29,31H,3-9,12,15H2,1-2H3/t16-,17?,20?/m1/s1. The van der Waals surface area contributed by atoms with Crippen LogP contribution in [0.1, 0.15) is 51.1 Å². The summed E-state index contributed by atoms with van der Waals surface area (Å²) in [6.45, 7) is 3.89. The second-order valence-electron chi connectivity index (χ2n) is 9.49. The van der Waals surface area contributed by atoms with E-state index in [0.29, 0.717) is 28.2 Å². The summed E-state index contributed by atoms with van der Waals surface area (Å²) in [4.78, 5) is 9.03. The van der Waals surface area contributed by atoms with Gasteiger partial charge in [0.2, 0.25) is 0 Å². The number of halogens is 2. The Hall–Kier alpha value is -1.40. The molecule has 5 nitrogen and oxygen atoms in total. The van der Waals surface area contributed by atoms with Crippen LogP contribution in [-0.2, 0) is 11.2 Å². The van der Waals surface area contributed by atoms with Gasteiger partial charge in [0.25, 0.3) is 0 Å². The number of pyridine rings is 2. The fourth-order valence-electron chi connectivity index (χ4n) is 4.64.